The van der Waals surface area contributed by atoms with E-state index in [1.54, 1.807) is 6.07 Å². The Morgan fingerprint density at radius 3 is 2.47 bits per heavy atom. The second-order valence-corrected chi connectivity index (χ2v) is 4.06. The molecule has 0 unspecified atom stereocenters. The van der Waals surface area contributed by atoms with Gasteiger partial charge in [0.15, 0.2) is 0 Å². The summed E-state index contributed by atoms with van der Waals surface area (Å²) in [5.74, 6) is -0.562. The van der Waals surface area contributed by atoms with E-state index in [2.05, 4.69) is 4.98 Å². The first-order valence-corrected chi connectivity index (χ1v) is 5.04. The summed E-state index contributed by atoms with van der Waals surface area (Å²) in [5, 5.41) is 10.1. The number of aromatic hydroxyl groups is 1. The molecule has 0 radical (unpaired) electrons. The molecule has 1 aromatic heterocycles. The first-order chi connectivity index (χ1) is 7.02. The summed E-state index contributed by atoms with van der Waals surface area (Å²) in [7, 11) is 0. The van der Waals surface area contributed by atoms with Crippen LogP contribution in [0.5, 0.6) is 5.75 Å². The summed E-state index contributed by atoms with van der Waals surface area (Å²) in [6.45, 7) is 0. The van der Waals surface area contributed by atoms with Crippen LogP contribution in [0.3, 0.4) is 0 Å². The molecule has 0 amide bonds. The number of aromatic amines is 1. The van der Waals surface area contributed by atoms with Gasteiger partial charge >= 0.3 is 0 Å². The number of hydrogen-bond acceptors (Lipinski definition) is 2. The maximum absolute atomic E-state index is 11.2. The lowest BCUT2D eigenvalue weighted by Crippen LogP contribution is -2.05. The highest BCUT2D eigenvalue weighted by Gasteiger charge is 2.13. The van der Waals surface area contributed by atoms with Gasteiger partial charge in [0.25, 0.3) is 5.56 Å². The van der Waals surface area contributed by atoms with E-state index in [0.29, 0.717) is 15.9 Å². The van der Waals surface area contributed by atoms with Crippen molar-refractivity contribution in [1.29, 1.82) is 0 Å². The molecule has 0 bridgehead atoms. The van der Waals surface area contributed by atoms with E-state index in [0.717, 1.165) is 0 Å². The predicted molar refractivity (Wildman–Crippen MR) is 61.3 cm³/mol. The summed E-state index contributed by atoms with van der Waals surface area (Å²) in [5.41, 5.74) is -0.233. The molecule has 0 saturated heterocycles. The summed E-state index contributed by atoms with van der Waals surface area (Å²) in [6.07, 6.45) is 0. The second-order valence-electron chi connectivity index (χ2n) is 2.90. The van der Waals surface area contributed by atoms with E-state index >= 15 is 0 Å². The van der Waals surface area contributed by atoms with Gasteiger partial charge < -0.3 is 10.1 Å². The van der Waals surface area contributed by atoms with Gasteiger partial charge in [-0.15, -0.1) is 0 Å². The van der Waals surface area contributed by atoms with E-state index in [4.69, 9.17) is 34.8 Å². The molecule has 1 aromatic carbocycles. The van der Waals surface area contributed by atoms with Gasteiger partial charge in [-0.3, -0.25) is 4.79 Å². The molecule has 0 saturated carbocycles. The number of hydrogen-bond donors (Lipinski definition) is 2. The Kier molecular flexibility index (Phi) is 2.54. The molecule has 0 spiro atoms. The number of pyridine rings is 1. The van der Waals surface area contributed by atoms with Crippen LogP contribution in [0.25, 0.3) is 10.9 Å². The average Bonchev–Trinajstić information content (AvgIpc) is 2.20. The van der Waals surface area contributed by atoms with Crippen LogP contribution >= 0.6 is 34.8 Å². The highest BCUT2D eigenvalue weighted by atomic mass is 35.5. The van der Waals surface area contributed by atoms with E-state index < -0.39 is 11.3 Å². The van der Waals surface area contributed by atoms with Gasteiger partial charge in [-0.25, -0.2) is 0 Å². The van der Waals surface area contributed by atoms with Gasteiger partial charge in [-0.05, 0) is 12.1 Å². The van der Waals surface area contributed by atoms with Crippen molar-refractivity contribution in [2.45, 2.75) is 0 Å². The van der Waals surface area contributed by atoms with Crippen molar-refractivity contribution in [3.8, 4) is 5.75 Å². The van der Waals surface area contributed by atoms with Crippen LogP contribution < -0.4 is 5.56 Å². The molecule has 6 heteroatoms. The van der Waals surface area contributed by atoms with Crippen molar-refractivity contribution in [1.82, 2.24) is 4.98 Å². The molecule has 0 atom stereocenters. The van der Waals surface area contributed by atoms with Crippen LogP contribution in [0, 0.1) is 0 Å². The Morgan fingerprint density at radius 2 is 1.80 bits per heavy atom. The van der Waals surface area contributed by atoms with Crippen LogP contribution in [-0.4, -0.2) is 10.1 Å². The number of H-pyrrole nitrogens is 1. The Morgan fingerprint density at radius 1 is 1.13 bits per heavy atom. The molecule has 0 aliphatic rings. The zero-order valence-electron chi connectivity index (χ0n) is 7.14. The molecule has 3 nitrogen and oxygen atoms in total. The molecule has 2 aromatic rings. The number of fused-ring (bicyclic) bond motifs is 1. The number of halogens is 3. The van der Waals surface area contributed by atoms with Gasteiger partial charge in [0, 0.05) is 5.39 Å². The fourth-order valence-corrected chi connectivity index (χ4v) is 2.02. The lowest BCUT2D eigenvalue weighted by molar-refractivity contribution is 0.468. The summed E-state index contributed by atoms with van der Waals surface area (Å²) in [4.78, 5) is 13.6. The van der Waals surface area contributed by atoms with E-state index in [-0.39, 0.29) is 10.0 Å². The maximum atomic E-state index is 11.2. The smallest absolute Gasteiger partial charge is 0.292 e. The van der Waals surface area contributed by atoms with Gasteiger partial charge in [0.05, 0.1) is 20.6 Å². The topological polar surface area (TPSA) is 53.1 Å². The minimum absolute atomic E-state index is 0.0961. The third-order valence-electron chi connectivity index (χ3n) is 1.99. The monoisotopic (exact) mass is 263 g/mol. The molecular formula is C9H4Cl3NO2. The van der Waals surface area contributed by atoms with Crippen LogP contribution in [0.4, 0.5) is 0 Å². The molecule has 15 heavy (non-hydrogen) atoms. The summed E-state index contributed by atoms with van der Waals surface area (Å²) >= 11 is 17.5. The van der Waals surface area contributed by atoms with E-state index in [1.807, 2.05) is 0 Å². The number of benzene rings is 1. The van der Waals surface area contributed by atoms with Gasteiger partial charge in [-0.2, -0.15) is 0 Å². The zero-order valence-corrected chi connectivity index (χ0v) is 9.41. The Hall–Kier alpha value is -0.900. The Balaban J connectivity index is 3.07. The minimum Gasteiger partial charge on any atom is -0.502 e. The van der Waals surface area contributed by atoms with Crippen molar-refractivity contribution in [2.24, 2.45) is 0 Å². The maximum Gasteiger partial charge on any atom is 0.292 e. The highest BCUT2D eigenvalue weighted by Crippen LogP contribution is 2.36. The van der Waals surface area contributed by atoms with E-state index in [1.165, 1.54) is 6.07 Å². The minimum atomic E-state index is -0.661. The summed E-state index contributed by atoms with van der Waals surface area (Å²) < 4.78 is 0. The van der Waals surface area contributed by atoms with E-state index in [9.17, 15) is 9.90 Å². The fraction of sp³-hybridized carbons (Fsp3) is 0. The number of nitrogens with one attached hydrogen (secondary N) is 1. The van der Waals surface area contributed by atoms with Crippen LogP contribution in [-0.2, 0) is 0 Å². The molecule has 0 aliphatic heterocycles. The van der Waals surface area contributed by atoms with Gasteiger partial charge in [0.2, 0.25) is 5.75 Å². The molecule has 0 fully saturated rings. The van der Waals surface area contributed by atoms with Crippen molar-refractivity contribution in [3.05, 3.63) is 37.6 Å². The number of aromatic nitrogens is 1. The highest BCUT2D eigenvalue weighted by molar-refractivity contribution is 6.48. The fourth-order valence-electron chi connectivity index (χ4n) is 1.27. The SMILES string of the molecule is O=c1[nH]c2ccc(Cl)c(Cl)c2c(Cl)c1O. The van der Waals surface area contributed by atoms with Crippen molar-refractivity contribution >= 4 is 45.7 Å². The lowest BCUT2D eigenvalue weighted by Gasteiger charge is -2.05. The predicted octanol–water partition coefficient (Wildman–Crippen LogP) is 3.19. The van der Waals surface area contributed by atoms with Crippen molar-refractivity contribution < 1.29 is 5.11 Å². The molecule has 1 heterocycles. The lowest BCUT2D eigenvalue weighted by atomic mass is 10.2. The summed E-state index contributed by atoms with van der Waals surface area (Å²) in [6, 6.07) is 3.10. The zero-order chi connectivity index (χ0) is 11.2. The first kappa shape index (κ1) is 10.6. The molecule has 78 valence electrons. The van der Waals surface area contributed by atoms with Crippen LogP contribution in [0.1, 0.15) is 0 Å². The second kappa shape index (κ2) is 3.59. The van der Waals surface area contributed by atoms with Gasteiger partial charge in [0.1, 0.15) is 0 Å². The molecular weight excluding hydrogens is 260 g/mol. The standard InChI is InChI=1S/C9H4Cl3NO2/c10-3-1-2-4-5(6(3)11)7(12)8(14)9(15)13-4/h1-2,14H,(H,13,15). The largest absolute Gasteiger partial charge is 0.502 e. The average molecular weight is 264 g/mol. The number of rotatable bonds is 0. The quantitative estimate of drug-likeness (QED) is 0.768. The Bertz CT molecular complexity index is 606. The normalized spacial score (nSPS) is 10.9. The third-order valence-corrected chi connectivity index (χ3v) is 3.16. The Labute approximate surface area is 99.2 Å². The third kappa shape index (κ3) is 1.57. The van der Waals surface area contributed by atoms with Crippen molar-refractivity contribution in [2.75, 3.05) is 0 Å². The van der Waals surface area contributed by atoms with Crippen LogP contribution in [0.2, 0.25) is 15.1 Å². The van der Waals surface area contributed by atoms with Crippen molar-refractivity contribution in [3.63, 3.8) is 0 Å². The molecule has 2 N–H and O–H groups in total. The first-order valence-electron chi connectivity index (χ1n) is 3.91. The van der Waals surface area contributed by atoms with Crippen LogP contribution in [0.15, 0.2) is 16.9 Å². The van der Waals surface area contributed by atoms with Gasteiger partial charge in [-0.1, -0.05) is 34.8 Å². The molecule has 2 rings (SSSR count). The molecule has 0 aliphatic carbocycles.